The second kappa shape index (κ2) is 4.35. The third-order valence-electron chi connectivity index (χ3n) is 3.33. The highest BCUT2D eigenvalue weighted by atomic mass is 35.5. The number of fused-ring (bicyclic) bond motifs is 1. The SMILES string of the molecule is Cc1ccc(N2C(=O)c3ccccc3C2=O)c(Cl)c1O. The highest BCUT2D eigenvalue weighted by Gasteiger charge is 2.37. The predicted octanol–water partition coefficient (Wildman–Crippen LogP) is 3.15. The summed E-state index contributed by atoms with van der Waals surface area (Å²) in [5.74, 6) is -0.993. The number of carbonyl (C=O) groups is 2. The van der Waals surface area contributed by atoms with Crippen LogP contribution in [0.3, 0.4) is 0 Å². The molecule has 0 fully saturated rings. The number of rotatable bonds is 1. The number of halogens is 1. The van der Waals surface area contributed by atoms with Crippen LogP contribution in [0.4, 0.5) is 5.69 Å². The van der Waals surface area contributed by atoms with Gasteiger partial charge in [-0.25, -0.2) is 4.90 Å². The van der Waals surface area contributed by atoms with Crippen molar-refractivity contribution < 1.29 is 14.7 Å². The first-order chi connectivity index (χ1) is 9.52. The maximum absolute atomic E-state index is 12.3. The van der Waals surface area contributed by atoms with E-state index in [2.05, 4.69) is 0 Å². The predicted molar refractivity (Wildman–Crippen MR) is 75.4 cm³/mol. The fourth-order valence-corrected chi connectivity index (χ4v) is 2.53. The molecule has 2 amide bonds. The first-order valence-corrected chi connectivity index (χ1v) is 6.36. The Morgan fingerprint density at radius 2 is 1.55 bits per heavy atom. The molecule has 1 N–H and O–H groups in total. The molecule has 2 aromatic rings. The van der Waals surface area contributed by atoms with Gasteiger partial charge in [0.15, 0.2) is 0 Å². The Kier molecular flexibility index (Phi) is 2.76. The highest BCUT2D eigenvalue weighted by molar-refractivity contribution is 6.40. The molecule has 1 heterocycles. The molecule has 0 saturated carbocycles. The van der Waals surface area contributed by atoms with Crippen LogP contribution in [-0.4, -0.2) is 16.9 Å². The maximum atomic E-state index is 12.3. The lowest BCUT2D eigenvalue weighted by Crippen LogP contribution is -2.29. The average molecular weight is 288 g/mol. The van der Waals surface area contributed by atoms with Gasteiger partial charge >= 0.3 is 0 Å². The van der Waals surface area contributed by atoms with Crippen LogP contribution in [-0.2, 0) is 0 Å². The van der Waals surface area contributed by atoms with Gasteiger partial charge in [-0.1, -0.05) is 29.8 Å². The van der Waals surface area contributed by atoms with Crippen molar-refractivity contribution in [3.05, 3.63) is 58.1 Å². The minimum atomic E-state index is -0.434. The fourth-order valence-electron chi connectivity index (χ4n) is 2.23. The van der Waals surface area contributed by atoms with Crippen molar-refractivity contribution in [2.75, 3.05) is 4.90 Å². The van der Waals surface area contributed by atoms with Gasteiger partial charge in [0.2, 0.25) is 0 Å². The summed E-state index contributed by atoms with van der Waals surface area (Å²) in [6.45, 7) is 1.69. The molecule has 0 bridgehead atoms. The zero-order valence-electron chi connectivity index (χ0n) is 10.6. The molecule has 1 aliphatic rings. The molecule has 20 heavy (non-hydrogen) atoms. The lowest BCUT2D eigenvalue weighted by atomic mass is 10.1. The van der Waals surface area contributed by atoms with Gasteiger partial charge in [-0.15, -0.1) is 0 Å². The molecule has 0 spiro atoms. The molecule has 5 heteroatoms. The second-order valence-electron chi connectivity index (χ2n) is 4.56. The van der Waals surface area contributed by atoms with E-state index in [4.69, 9.17) is 11.6 Å². The van der Waals surface area contributed by atoms with Crippen LogP contribution in [0, 0.1) is 6.92 Å². The zero-order chi connectivity index (χ0) is 14.4. The summed E-state index contributed by atoms with van der Waals surface area (Å²) >= 11 is 6.06. The summed E-state index contributed by atoms with van der Waals surface area (Å²) in [6.07, 6.45) is 0. The normalized spacial score (nSPS) is 13.8. The van der Waals surface area contributed by atoms with Crippen molar-refractivity contribution in [3.8, 4) is 5.75 Å². The summed E-state index contributed by atoms with van der Waals surface area (Å²) < 4.78 is 0. The van der Waals surface area contributed by atoms with Crippen molar-refractivity contribution in [1.82, 2.24) is 0 Å². The molecule has 0 radical (unpaired) electrons. The number of aromatic hydroxyl groups is 1. The number of hydrogen-bond acceptors (Lipinski definition) is 3. The molecule has 0 saturated heterocycles. The Hall–Kier alpha value is -2.33. The van der Waals surface area contributed by atoms with Gasteiger partial charge < -0.3 is 5.11 Å². The highest BCUT2D eigenvalue weighted by Crippen LogP contribution is 2.39. The molecule has 0 unspecified atom stereocenters. The van der Waals surface area contributed by atoms with Crippen LogP contribution in [0.2, 0.25) is 5.02 Å². The topological polar surface area (TPSA) is 57.6 Å². The third-order valence-corrected chi connectivity index (χ3v) is 3.71. The van der Waals surface area contributed by atoms with Crippen molar-refractivity contribution >= 4 is 29.1 Å². The summed E-state index contributed by atoms with van der Waals surface area (Å²) in [5.41, 5.74) is 1.46. The Morgan fingerprint density at radius 1 is 1.00 bits per heavy atom. The second-order valence-corrected chi connectivity index (χ2v) is 4.93. The first-order valence-electron chi connectivity index (χ1n) is 5.98. The van der Waals surface area contributed by atoms with Crippen LogP contribution in [0.1, 0.15) is 26.3 Å². The van der Waals surface area contributed by atoms with Gasteiger partial charge in [0.25, 0.3) is 11.8 Å². The largest absolute Gasteiger partial charge is 0.506 e. The zero-order valence-corrected chi connectivity index (χ0v) is 11.3. The van der Waals surface area contributed by atoms with E-state index < -0.39 is 11.8 Å². The van der Waals surface area contributed by atoms with Crippen LogP contribution >= 0.6 is 11.6 Å². The van der Waals surface area contributed by atoms with Gasteiger partial charge in [0.05, 0.1) is 16.8 Å². The lowest BCUT2D eigenvalue weighted by molar-refractivity contribution is 0.0926. The number of aryl methyl sites for hydroxylation is 1. The summed E-state index contributed by atoms with van der Waals surface area (Å²) in [7, 11) is 0. The lowest BCUT2D eigenvalue weighted by Gasteiger charge is -2.16. The minimum Gasteiger partial charge on any atom is -0.506 e. The molecule has 0 atom stereocenters. The third kappa shape index (κ3) is 1.62. The monoisotopic (exact) mass is 287 g/mol. The molecule has 3 rings (SSSR count). The van der Waals surface area contributed by atoms with E-state index in [1.165, 1.54) is 0 Å². The van der Waals surface area contributed by atoms with Gasteiger partial charge in [0.1, 0.15) is 10.8 Å². The minimum absolute atomic E-state index is 0.000457. The Morgan fingerprint density at radius 3 is 2.10 bits per heavy atom. The summed E-state index contributed by atoms with van der Waals surface area (Å²) in [4.78, 5) is 25.6. The maximum Gasteiger partial charge on any atom is 0.266 e. The van der Waals surface area contributed by atoms with Crippen LogP contribution in [0.15, 0.2) is 36.4 Å². The molecule has 0 aromatic heterocycles. The van der Waals surface area contributed by atoms with E-state index in [9.17, 15) is 14.7 Å². The fraction of sp³-hybridized carbons (Fsp3) is 0.0667. The summed E-state index contributed by atoms with van der Waals surface area (Å²) in [6, 6.07) is 9.75. The molecule has 1 aliphatic heterocycles. The van der Waals surface area contributed by atoms with Gasteiger partial charge in [-0.2, -0.15) is 0 Å². The van der Waals surface area contributed by atoms with E-state index in [1.54, 1.807) is 43.3 Å². The average Bonchev–Trinajstić information content (AvgIpc) is 2.70. The number of phenols is 1. The van der Waals surface area contributed by atoms with Gasteiger partial charge in [-0.3, -0.25) is 9.59 Å². The molecular formula is C15H10ClNO3. The van der Waals surface area contributed by atoms with E-state index in [-0.39, 0.29) is 16.5 Å². The number of benzene rings is 2. The van der Waals surface area contributed by atoms with Gasteiger partial charge in [-0.05, 0) is 30.7 Å². The Labute approximate surface area is 120 Å². The summed E-state index contributed by atoms with van der Waals surface area (Å²) in [5, 5.41) is 9.86. The van der Waals surface area contributed by atoms with Crippen molar-refractivity contribution in [3.63, 3.8) is 0 Å². The standard InChI is InChI=1S/C15H10ClNO3/c1-8-6-7-11(12(16)13(8)18)17-14(19)9-4-2-3-5-10(9)15(17)20/h2-7,18H,1H3. The van der Waals surface area contributed by atoms with Crippen LogP contribution < -0.4 is 4.90 Å². The van der Waals surface area contributed by atoms with E-state index in [0.29, 0.717) is 16.7 Å². The number of amides is 2. The van der Waals surface area contributed by atoms with Crippen molar-refractivity contribution in [2.24, 2.45) is 0 Å². The quantitative estimate of drug-likeness (QED) is 0.820. The number of anilines is 1. The first kappa shape index (κ1) is 12.7. The number of carbonyl (C=O) groups excluding carboxylic acids is 2. The smallest absolute Gasteiger partial charge is 0.266 e. The Bertz CT molecular complexity index is 720. The number of phenolic OH excluding ortho intramolecular Hbond substituents is 1. The number of nitrogens with zero attached hydrogens (tertiary/aromatic N) is 1. The van der Waals surface area contributed by atoms with Gasteiger partial charge in [0, 0.05) is 0 Å². The number of imide groups is 1. The van der Waals surface area contributed by atoms with Crippen LogP contribution in [0.25, 0.3) is 0 Å². The molecule has 2 aromatic carbocycles. The van der Waals surface area contributed by atoms with E-state index in [1.807, 2.05) is 0 Å². The van der Waals surface area contributed by atoms with E-state index >= 15 is 0 Å². The molecular weight excluding hydrogens is 278 g/mol. The van der Waals surface area contributed by atoms with Crippen LogP contribution in [0.5, 0.6) is 5.75 Å². The molecule has 4 nitrogen and oxygen atoms in total. The molecule has 0 aliphatic carbocycles. The Balaban J connectivity index is 2.17. The van der Waals surface area contributed by atoms with Crippen molar-refractivity contribution in [1.29, 1.82) is 0 Å². The molecule has 100 valence electrons. The number of hydrogen-bond donors (Lipinski definition) is 1. The van der Waals surface area contributed by atoms with E-state index in [0.717, 1.165) is 4.90 Å². The van der Waals surface area contributed by atoms with Crippen molar-refractivity contribution in [2.45, 2.75) is 6.92 Å².